The minimum atomic E-state index is -0.497. The number of hydrogen-bond donors (Lipinski definition) is 0. The number of anilines is 1. The van der Waals surface area contributed by atoms with Gasteiger partial charge < -0.3 is 4.74 Å². The first-order valence-electron chi connectivity index (χ1n) is 9.92. The van der Waals surface area contributed by atoms with E-state index >= 15 is 0 Å². The standard InChI is InChI=1S/C26H18N2OS/c1-3-11-19(12-4-1)25-26(30-28(27-25)20-13-5-2-6-14-20)21-15-7-9-17-23(21)29-24-18-10-8-16-22(24)26/h1-18H. The minimum absolute atomic E-state index is 0.497. The number of fused-ring (bicyclic) bond motifs is 4. The van der Waals surface area contributed by atoms with Gasteiger partial charge in [0.2, 0.25) is 0 Å². The predicted octanol–water partition coefficient (Wildman–Crippen LogP) is 6.61. The van der Waals surface area contributed by atoms with Crippen molar-refractivity contribution in [2.24, 2.45) is 5.10 Å². The van der Waals surface area contributed by atoms with Crippen LogP contribution in [0.2, 0.25) is 0 Å². The summed E-state index contributed by atoms with van der Waals surface area (Å²) in [5, 5.41) is 5.16. The molecule has 2 heterocycles. The number of rotatable bonds is 2. The second kappa shape index (κ2) is 6.78. The summed E-state index contributed by atoms with van der Waals surface area (Å²) in [5.41, 5.74) is 5.41. The predicted molar refractivity (Wildman–Crippen MR) is 123 cm³/mol. The largest absolute Gasteiger partial charge is 0.457 e. The Bertz CT molecular complexity index is 1210. The van der Waals surface area contributed by atoms with Crippen molar-refractivity contribution >= 4 is 23.3 Å². The Kier molecular flexibility index (Phi) is 3.93. The highest BCUT2D eigenvalue weighted by Crippen LogP contribution is 2.59. The lowest BCUT2D eigenvalue weighted by atomic mass is 9.81. The molecule has 0 saturated heterocycles. The van der Waals surface area contributed by atoms with E-state index in [0.29, 0.717) is 0 Å². The normalized spacial score (nSPS) is 15.9. The van der Waals surface area contributed by atoms with E-state index in [0.717, 1.165) is 39.6 Å². The molecular weight excluding hydrogens is 388 g/mol. The van der Waals surface area contributed by atoms with Gasteiger partial charge in [0.25, 0.3) is 0 Å². The van der Waals surface area contributed by atoms with Gasteiger partial charge in [-0.05, 0) is 36.2 Å². The van der Waals surface area contributed by atoms with Crippen LogP contribution in [-0.4, -0.2) is 5.71 Å². The number of benzene rings is 4. The Hall–Kier alpha value is -3.50. The van der Waals surface area contributed by atoms with E-state index in [-0.39, 0.29) is 0 Å². The fourth-order valence-electron chi connectivity index (χ4n) is 4.19. The highest BCUT2D eigenvalue weighted by Gasteiger charge is 2.53. The zero-order valence-electron chi connectivity index (χ0n) is 16.1. The van der Waals surface area contributed by atoms with E-state index in [1.165, 1.54) is 0 Å². The molecule has 1 spiro atoms. The molecule has 2 aliphatic rings. The van der Waals surface area contributed by atoms with Crippen LogP contribution in [-0.2, 0) is 4.75 Å². The first-order valence-corrected chi connectivity index (χ1v) is 10.7. The third-order valence-corrected chi connectivity index (χ3v) is 6.90. The van der Waals surface area contributed by atoms with Crippen LogP contribution in [0.3, 0.4) is 0 Å². The minimum Gasteiger partial charge on any atom is -0.457 e. The molecule has 2 aliphatic heterocycles. The van der Waals surface area contributed by atoms with Gasteiger partial charge in [-0.25, -0.2) is 4.41 Å². The summed E-state index contributed by atoms with van der Waals surface area (Å²) in [6.45, 7) is 0. The number of hydrogen-bond acceptors (Lipinski definition) is 4. The monoisotopic (exact) mass is 406 g/mol. The van der Waals surface area contributed by atoms with Gasteiger partial charge in [-0.1, -0.05) is 84.9 Å². The molecule has 0 unspecified atom stereocenters. The van der Waals surface area contributed by atoms with Crippen LogP contribution in [0.4, 0.5) is 5.69 Å². The molecule has 0 amide bonds. The van der Waals surface area contributed by atoms with E-state index in [9.17, 15) is 0 Å². The topological polar surface area (TPSA) is 24.8 Å². The molecule has 30 heavy (non-hydrogen) atoms. The quantitative estimate of drug-likeness (QED) is 0.350. The Morgan fingerprint density at radius 2 is 1.17 bits per heavy atom. The van der Waals surface area contributed by atoms with Gasteiger partial charge in [0.15, 0.2) is 0 Å². The third-order valence-electron chi connectivity index (χ3n) is 5.52. The maximum Gasteiger partial charge on any atom is 0.139 e. The molecule has 0 atom stereocenters. The Labute approximate surface area is 179 Å². The molecular formula is C26H18N2OS. The highest BCUT2D eigenvalue weighted by atomic mass is 32.2. The lowest BCUT2D eigenvalue weighted by Crippen LogP contribution is -2.35. The Balaban J connectivity index is 1.65. The Morgan fingerprint density at radius 1 is 0.633 bits per heavy atom. The molecule has 0 saturated carbocycles. The van der Waals surface area contributed by atoms with Crippen molar-refractivity contribution in [1.29, 1.82) is 0 Å². The van der Waals surface area contributed by atoms with E-state index in [2.05, 4.69) is 60.7 Å². The molecule has 0 fully saturated rings. The van der Waals surface area contributed by atoms with Crippen LogP contribution in [0.1, 0.15) is 16.7 Å². The molecule has 4 heteroatoms. The molecule has 4 aromatic rings. The van der Waals surface area contributed by atoms with Crippen LogP contribution >= 0.6 is 11.9 Å². The molecule has 6 rings (SSSR count). The lowest BCUT2D eigenvalue weighted by Gasteiger charge is -2.37. The summed E-state index contributed by atoms with van der Waals surface area (Å²) in [4.78, 5) is 0. The van der Waals surface area contributed by atoms with Crippen LogP contribution in [0.25, 0.3) is 0 Å². The van der Waals surface area contributed by atoms with Gasteiger partial charge >= 0.3 is 0 Å². The number of ether oxygens (including phenoxy) is 1. The first kappa shape index (κ1) is 17.4. The van der Waals surface area contributed by atoms with Gasteiger partial charge in [-0.3, -0.25) is 0 Å². The first-order chi connectivity index (χ1) is 14.9. The summed E-state index contributed by atoms with van der Waals surface area (Å²) >= 11 is 1.72. The summed E-state index contributed by atoms with van der Waals surface area (Å²) in [5.74, 6) is 1.75. The fraction of sp³-hybridized carbons (Fsp3) is 0.0385. The molecule has 3 nitrogen and oxygen atoms in total. The van der Waals surface area contributed by atoms with Crippen molar-refractivity contribution in [3.8, 4) is 11.5 Å². The number of hydrazone groups is 1. The van der Waals surface area contributed by atoms with Crippen LogP contribution in [0.15, 0.2) is 114 Å². The smallest absolute Gasteiger partial charge is 0.139 e. The van der Waals surface area contributed by atoms with Crippen LogP contribution in [0.5, 0.6) is 11.5 Å². The number of nitrogens with zero attached hydrogens (tertiary/aromatic N) is 2. The molecule has 4 aromatic carbocycles. The van der Waals surface area contributed by atoms with E-state index in [1.54, 1.807) is 11.9 Å². The van der Waals surface area contributed by atoms with Crippen molar-refractivity contribution in [3.63, 3.8) is 0 Å². The molecule has 0 radical (unpaired) electrons. The average molecular weight is 407 g/mol. The van der Waals surface area contributed by atoms with Gasteiger partial charge in [0, 0.05) is 16.7 Å². The lowest BCUT2D eigenvalue weighted by molar-refractivity contribution is 0.452. The average Bonchev–Trinajstić information content (AvgIpc) is 3.22. The van der Waals surface area contributed by atoms with Gasteiger partial charge in [0.05, 0.1) is 11.4 Å². The van der Waals surface area contributed by atoms with E-state index in [4.69, 9.17) is 9.84 Å². The van der Waals surface area contributed by atoms with Crippen molar-refractivity contribution in [1.82, 2.24) is 0 Å². The van der Waals surface area contributed by atoms with Crippen molar-refractivity contribution in [2.45, 2.75) is 4.75 Å². The third kappa shape index (κ3) is 2.50. The maximum atomic E-state index is 6.30. The fourth-order valence-corrected chi connectivity index (χ4v) is 5.58. The summed E-state index contributed by atoms with van der Waals surface area (Å²) in [6.07, 6.45) is 0. The summed E-state index contributed by atoms with van der Waals surface area (Å²) < 4.78 is 7.85. The van der Waals surface area contributed by atoms with Gasteiger partial charge in [-0.2, -0.15) is 5.10 Å². The van der Waals surface area contributed by atoms with E-state index in [1.807, 2.05) is 52.9 Å². The van der Waals surface area contributed by atoms with Crippen molar-refractivity contribution < 1.29 is 4.74 Å². The van der Waals surface area contributed by atoms with E-state index < -0.39 is 4.75 Å². The van der Waals surface area contributed by atoms with Crippen LogP contribution < -0.4 is 9.15 Å². The molecule has 0 bridgehead atoms. The summed E-state index contributed by atoms with van der Waals surface area (Å²) in [6, 6.07) is 37.4. The number of para-hydroxylation sites is 3. The van der Waals surface area contributed by atoms with Crippen LogP contribution in [0, 0.1) is 0 Å². The second-order valence-electron chi connectivity index (χ2n) is 7.29. The summed E-state index contributed by atoms with van der Waals surface area (Å²) in [7, 11) is 0. The SMILES string of the molecule is c1ccc(C2=NN(c3ccccc3)SC23c2ccccc2Oc2ccccc23)cc1. The molecule has 0 N–H and O–H groups in total. The zero-order chi connectivity index (χ0) is 20.0. The molecule has 0 aromatic heterocycles. The van der Waals surface area contributed by atoms with Gasteiger partial charge in [-0.15, -0.1) is 0 Å². The van der Waals surface area contributed by atoms with Crippen molar-refractivity contribution in [2.75, 3.05) is 4.41 Å². The highest BCUT2D eigenvalue weighted by molar-refractivity contribution is 8.02. The molecule has 144 valence electrons. The zero-order valence-corrected chi connectivity index (χ0v) is 16.9. The second-order valence-corrected chi connectivity index (χ2v) is 8.43. The van der Waals surface area contributed by atoms with Gasteiger partial charge in [0.1, 0.15) is 16.2 Å². The maximum absolute atomic E-state index is 6.30. The Morgan fingerprint density at radius 3 is 1.80 bits per heavy atom. The molecule has 0 aliphatic carbocycles. The van der Waals surface area contributed by atoms with Crippen molar-refractivity contribution in [3.05, 3.63) is 126 Å².